The third-order valence-corrected chi connectivity index (χ3v) is 4.87. The van der Waals surface area contributed by atoms with Gasteiger partial charge >= 0.3 is 5.97 Å². The van der Waals surface area contributed by atoms with Crippen LogP contribution in [0.25, 0.3) is 0 Å². The van der Waals surface area contributed by atoms with Gasteiger partial charge in [-0.1, -0.05) is 20.3 Å². The molecule has 1 fully saturated rings. The molecule has 0 bridgehead atoms. The highest BCUT2D eigenvalue weighted by Crippen LogP contribution is 2.27. The smallest absolute Gasteiger partial charge is 0.306 e. The number of hydrogen-bond acceptors (Lipinski definition) is 3. The van der Waals surface area contributed by atoms with E-state index in [1.165, 1.54) is 6.92 Å². The normalized spacial score (nSPS) is 20.9. The van der Waals surface area contributed by atoms with Gasteiger partial charge in [-0.25, -0.2) is 0 Å². The summed E-state index contributed by atoms with van der Waals surface area (Å²) in [7, 11) is 0. The van der Waals surface area contributed by atoms with Gasteiger partial charge in [0.25, 0.3) is 5.91 Å². The van der Waals surface area contributed by atoms with E-state index in [1.807, 2.05) is 20.8 Å². The lowest BCUT2D eigenvalue weighted by Gasteiger charge is -2.35. The zero-order valence-corrected chi connectivity index (χ0v) is 14.8. The number of aromatic amines is 1. The minimum atomic E-state index is -0.796. The highest BCUT2D eigenvalue weighted by atomic mass is 16.4. The minimum absolute atomic E-state index is 0.0378. The van der Waals surface area contributed by atoms with E-state index in [4.69, 9.17) is 0 Å². The number of likely N-dealkylation sites (tertiary alicyclic amines) is 1. The molecule has 0 radical (unpaired) electrons. The highest BCUT2D eigenvalue weighted by molar-refractivity contribution is 6.02. The Balaban J connectivity index is 2.29. The van der Waals surface area contributed by atoms with Gasteiger partial charge in [0, 0.05) is 24.3 Å². The van der Waals surface area contributed by atoms with Crippen LogP contribution < -0.4 is 0 Å². The summed E-state index contributed by atoms with van der Waals surface area (Å²) in [5.41, 5.74) is 2.62. The first-order chi connectivity index (χ1) is 11.3. The summed E-state index contributed by atoms with van der Waals surface area (Å²) < 4.78 is 0. The van der Waals surface area contributed by atoms with Crippen LogP contribution in [0.3, 0.4) is 0 Å². The van der Waals surface area contributed by atoms with Crippen molar-refractivity contribution in [2.75, 3.05) is 13.1 Å². The predicted octanol–water partition coefficient (Wildman–Crippen LogP) is 2.66. The SMILES string of the molecule is CCCc1c(C(=O)N2CCC(C(=O)O)C(C)C2)[nH]c(C)c1C(C)=O. The number of rotatable bonds is 5. The first-order valence-corrected chi connectivity index (χ1v) is 8.52. The number of amides is 1. The van der Waals surface area contributed by atoms with Gasteiger partial charge in [0.05, 0.1) is 5.92 Å². The van der Waals surface area contributed by atoms with Crippen molar-refractivity contribution in [1.82, 2.24) is 9.88 Å². The number of aromatic nitrogens is 1. The molecular formula is C18H26N2O4. The molecule has 1 aliphatic heterocycles. The summed E-state index contributed by atoms with van der Waals surface area (Å²) >= 11 is 0. The van der Waals surface area contributed by atoms with Crippen LogP contribution in [-0.2, 0) is 11.2 Å². The number of piperidine rings is 1. The number of Topliss-reactive ketones (excluding diaryl/α,β-unsaturated/α-hetero) is 1. The summed E-state index contributed by atoms with van der Waals surface area (Å²) in [6, 6.07) is 0. The zero-order chi connectivity index (χ0) is 18.0. The lowest BCUT2D eigenvalue weighted by atomic mass is 9.87. The Hall–Kier alpha value is -2.11. The first-order valence-electron chi connectivity index (χ1n) is 8.52. The molecule has 0 spiro atoms. The topological polar surface area (TPSA) is 90.5 Å². The molecule has 1 saturated heterocycles. The van der Waals surface area contributed by atoms with E-state index < -0.39 is 11.9 Å². The van der Waals surface area contributed by atoms with Crippen LogP contribution in [-0.4, -0.2) is 45.7 Å². The van der Waals surface area contributed by atoms with Crippen LogP contribution in [0.15, 0.2) is 0 Å². The molecule has 6 nitrogen and oxygen atoms in total. The molecule has 1 amide bonds. The van der Waals surface area contributed by atoms with Crippen molar-refractivity contribution >= 4 is 17.7 Å². The van der Waals surface area contributed by atoms with Gasteiger partial charge in [-0.05, 0) is 38.2 Å². The van der Waals surface area contributed by atoms with E-state index in [0.29, 0.717) is 37.2 Å². The molecule has 0 saturated carbocycles. The summed E-state index contributed by atoms with van der Waals surface area (Å²) in [5, 5.41) is 9.22. The fraction of sp³-hybridized carbons (Fsp3) is 0.611. The maximum atomic E-state index is 12.9. The number of aryl methyl sites for hydroxylation is 1. The quantitative estimate of drug-likeness (QED) is 0.810. The molecule has 2 rings (SSSR count). The predicted molar refractivity (Wildman–Crippen MR) is 90.3 cm³/mol. The molecule has 1 aliphatic rings. The lowest BCUT2D eigenvalue weighted by molar-refractivity contribution is -0.145. The molecule has 2 heterocycles. The standard InChI is InChI=1S/C18H26N2O4/c1-5-6-14-15(12(4)21)11(3)19-16(14)17(22)20-8-7-13(18(23)24)10(2)9-20/h10,13,19H,5-9H2,1-4H3,(H,23,24). The number of hydrogen-bond donors (Lipinski definition) is 2. The van der Waals surface area contributed by atoms with Gasteiger partial charge in [0.2, 0.25) is 0 Å². The maximum absolute atomic E-state index is 12.9. The molecule has 2 N–H and O–H groups in total. The molecule has 2 unspecified atom stereocenters. The highest BCUT2D eigenvalue weighted by Gasteiger charge is 2.34. The zero-order valence-electron chi connectivity index (χ0n) is 14.8. The fourth-order valence-electron chi connectivity index (χ4n) is 3.69. The van der Waals surface area contributed by atoms with Crippen LogP contribution >= 0.6 is 0 Å². The van der Waals surface area contributed by atoms with Gasteiger partial charge in [0.15, 0.2) is 5.78 Å². The van der Waals surface area contributed by atoms with Gasteiger partial charge < -0.3 is 15.0 Å². The third kappa shape index (κ3) is 3.37. The largest absolute Gasteiger partial charge is 0.481 e. The molecule has 1 aromatic rings. The van der Waals surface area contributed by atoms with Gasteiger partial charge in [0.1, 0.15) is 5.69 Å². The molecule has 0 aromatic carbocycles. The summed E-state index contributed by atoms with van der Waals surface area (Å²) in [5.74, 6) is -1.45. The van der Waals surface area contributed by atoms with Gasteiger partial charge in [-0.15, -0.1) is 0 Å². The lowest BCUT2D eigenvalue weighted by Crippen LogP contribution is -2.45. The molecule has 132 valence electrons. The minimum Gasteiger partial charge on any atom is -0.481 e. The first kappa shape index (κ1) is 18.2. The number of ketones is 1. The Bertz CT molecular complexity index is 662. The molecule has 2 atom stereocenters. The van der Waals surface area contributed by atoms with Crippen molar-refractivity contribution in [3.8, 4) is 0 Å². The second-order valence-electron chi connectivity index (χ2n) is 6.75. The second-order valence-corrected chi connectivity index (χ2v) is 6.75. The van der Waals surface area contributed by atoms with Gasteiger partial charge in [-0.2, -0.15) is 0 Å². The Morgan fingerprint density at radius 3 is 2.50 bits per heavy atom. The molecule has 0 aliphatic carbocycles. The average Bonchev–Trinajstić information content (AvgIpc) is 2.83. The van der Waals surface area contributed by atoms with Crippen LogP contribution in [0.2, 0.25) is 0 Å². The number of nitrogens with one attached hydrogen (secondary N) is 1. The number of aliphatic carboxylic acids is 1. The summed E-state index contributed by atoms with van der Waals surface area (Å²) in [4.78, 5) is 40.9. The monoisotopic (exact) mass is 334 g/mol. The van der Waals surface area contributed by atoms with Crippen LogP contribution in [0.5, 0.6) is 0 Å². The second kappa shape index (κ2) is 7.20. The van der Waals surface area contributed by atoms with Crippen molar-refractivity contribution in [3.63, 3.8) is 0 Å². The number of H-pyrrole nitrogens is 1. The van der Waals surface area contributed by atoms with E-state index >= 15 is 0 Å². The molecule has 24 heavy (non-hydrogen) atoms. The Morgan fingerprint density at radius 1 is 1.33 bits per heavy atom. The Labute approximate surface area is 142 Å². The number of carbonyl (C=O) groups excluding carboxylic acids is 2. The number of carbonyl (C=O) groups is 3. The maximum Gasteiger partial charge on any atom is 0.306 e. The van der Waals surface area contributed by atoms with E-state index in [2.05, 4.69) is 4.98 Å². The number of nitrogens with zero attached hydrogens (tertiary/aromatic N) is 1. The van der Waals surface area contributed by atoms with Crippen molar-refractivity contribution in [2.45, 2.75) is 47.0 Å². The fourth-order valence-corrected chi connectivity index (χ4v) is 3.69. The molecule has 6 heteroatoms. The van der Waals surface area contributed by atoms with E-state index in [-0.39, 0.29) is 17.6 Å². The molecular weight excluding hydrogens is 308 g/mol. The van der Waals surface area contributed by atoms with Gasteiger partial charge in [-0.3, -0.25) is 14.4 Å². The Morgan fingerprint density at radius 2 is 2.00 bits per heavy atom. The van der Waals surface area contributed by atoms with Crippen molar-refractivity contribution in [2.24, 2.45) is 11.8 Å². The molecule has 1 aromatic heterocycles. The van der Waals surface area contributed by atoms with Crippen LogP contribution in [0.1, 0.15) is 65.7 Å². The van der Waals surface area contributed by atoms with Crippen molar-refractivity contribution in [1.29, 1.82) is 0 Å². The van der Waals surface area contributed by atoms with Crippen molar-refractivity contribution in [3.05, 3.63) is 22.5 Å². The van der Waals surface area contributed by atoms with Crippen LogP contribution in [0, 0.1) is 18.8 Å². The van der Waals surface area contributed by atoms with Crippen molar-refractivity contribution < 1.29 is 19.5 Å². The average molecular weight is 334 g/mol. The number of carboxylic acids is 1. The third-order valence-electron chi connectivity index (χ3n) is 4.87. The number of carboxylic acid groups (broad SMARTS) is 1. The van der Waals surface area contributed by atoms with E-state index in [9.17, 15) is 19.5 Å². The summed E-state index contributed by atoms with van der Waals surface area (Å²) in [6.07, 6.45) is 1.97. The van der Waals surface area contributed by atoms with E-state index in [1.54, 1.807) is 4.90 Å². The van der Waals surface area contributed by atoms with Crippen LogP contribution in [0.4, 0.5) is 0 Å². The summed E-state index contributed by atoms with van der Waals surface area (Å²) in [6.45, 7) is 8.07. The van der Waals surface area contributed by atoms with E-state index in [0.717, 1.165) is 17.7 Å². The Kier molecular flexibility index (Phi) is 5.47.